The molecule has 6 heteroatoms. The number of carbonyl (C=O) groups excluding carboxylic acids is 1. The van der Waals surface area contributed by atoms with E-state index in [4.69, 9.17) is 0 Å². The van der Waals surface area contributed by atoms with Crippen LogP contribution in [-0.2, 0) is 21.2 Å². The third-order valence-electron chi connectivity index (χ3n) is 4.41. The standard InChI is InChI=1S/C21H28N2O3S/c1-17(2)20-9-11-21(12-10-20)23(18(3)24)15-14-22-27(25,26)16-13-19-7-5-4-6-8-19/h4-12,17,22H,13-16H2,1-3H3. The van der Waals surface area contributed by atoms with Crippen LogP contribution >= 0.6 is 0 Å². The molecule has 0 aliphatic heterocycles. The third-order valence-corrected chi connectivity index (χ3v) is 5.80. The average molecular weight is 389 g/mol. The second-order valence-electron chi connectivity index (χ2n) is 6.87. The maximum absolute atomic E-state index is 12.2. The lowest BCUT2D eigenvalue weighted by Gasteiger charge is -2.22. The minimum absolute atomic E-state index is 0.0279. The normalized spacial score (nSPS) is 11.6. The van der Waals surface area contributed by atoms with E-state index in [-0.39, 0.29) is 18.2 Å². The van der Waals surface area contributed by atoms with Gasteiger partial charge in [-0.25, -0.2) is 13.1 Å². The van der Waals surface area contributed by atoms with Gasteiger partial charge in [0, 0.05) is 25.7 Å². The zero-order valence-corrected chi connectivity index (χ0v) is 17.0. The summed E-state index contributed by atoms with van der Waals surface area (Å²) >= 11 is 0. The van der Waals surface area contributed by atoms with Crippen LogP contribution in [-0.4, -0.2) is 33.2 Å². The molecule has 0 bridgehead atoms. The zero-order chi connectivity index (χ0) is 19.9. The summed E-state index contributed by atoms with van der Waals surface area (Å²) in [5.41, 5.74) is 2.96. The van der Waals surface area contributed by atoms with Gasteiger partial charge in [0.05, 0.1) is 5.75 Å². The zero-order valence-electron chi connectivity index (χ0n) is 16.2. The molecule has 0 unspecified atom stereocenters. The van der Waals surface area contributed by atoms with Crippen molar-refractivity contribution >= 4 is 21.6 Å². The van der Waals surface area contributed by atoms with E-state index in [1.165, 1.54) is 12.5 Å². The topological polar surface area (TPSA) is 66.5 Å². The highest BCUT2D eigenvalue weighted by Crippen LogP contribution is 2.20. The van der Waals surface area contributed by atoms with E-state index in [0.717, 1.165) is 11.3 Å². The average Bonchev–Trinajstić information content (AvgIpc) is 2.64. The van der Waals surface area contributed by atoms with E-state index in [2.05, 4.69) is 18.6 Å². The van der Waals surface area contributed by atoms with E-state index in [0.29, 0.717) is 18.9 Å². The molecule has 0 radical (unpaired) electrons. The van der Waals surface area contributed by atoms with Crippen molar-refractivity contribution < 1.29 is 13.2 Å². The summed E-state index contributed by atoms with van der Waals surface area (Å²) in [6.07, 6.45) is 0.462. The van der Waals surface area contributed by atoms with Crippen molar-refractivity contribution in [3.05, 3.63) is 65.7 Å². The summed E-state index contributed by atoms with van der Waals surface area (Å²) in [6, 6.07) is 17.3. The molecule has 0 aliphatic carbocycles. The SMILES string of the molecule is CC(=O)N(CCNS(=O)(=O)CCc1ccccc1)c1ccc(C(C)C)cc1. The maximum atomic E-state index is 12.2. The van der Waals surface area contributed by atoms with Crippen LogP contribution in [0, 0.1) is 0 Å². The van der Waals surface area contributed by atoms with Crippen molar-refractivity contribution in [3.8, 4) is 0 Å². The molecule has 2 rings (SSSR count). The molecular weight excluding hydrogens is 360 g/mol. The first-order valence-corrected chi connectivity index (χ1v) is 10.8. The predicted molar refractivity (Wildman–Crippen MR) is 110 cm³/mol. The lowest BCUT2D eigenvalue weighted by atomic mass is 10.0. The number of hydrogen-bond donors (Lipinski definition) is 1. The van der Waals surface area contributed by atoms with Crippen LogP contribution in [0.25, 0.3) is 0 Å². The highest BCUT2D eigenvalue weighted by atomic mass is 32.2. The Balaban J connectivity index is 1.90. The van der Waals surface area contributed by atoms with Crippen LogP contribution in [0.5, 0.6) is 0 Å². The maximum Gasteiger partial charge on any atom is 0.223 e. The number of nitrogens with one attached hydrogen (secondary N) is 1. The number of rotatable bonds is 9. The molecule has 1 amide bonds. The molecular formula is C21H28N2O3S. The molecule has 0 spiro atoms. The highest BCUT2D eigenvalue weighted by Gasteiger charge is 2.15. The molecule has 1 N–H and O–H groups in total. The van der Waals surface area contributed by atoms with Crippen molar-refractivity contribution in [2.24, 2.45) is 0 Å². The number of benzene rings is 2. The molecule has 0 saturated heterocycles. The van der Waals surface area contributed by atoms with Gasteiger partial charge < -0.3 is 4.90 Å². The summed E-state index contributed by atoms with van der Waals surface area (Å²) < 4.78 is 27.0. The van der Waals surface area contributed by atoms with Gasteiger partial charge in [0.2, 0.25) is 15.9 Å². The number of aryl methyl sites for hydroxylation is 1. The Morgan fingerprint density at radius 1 is 1.04 bits per heavy atom. The largest absolute Gasteiger partial charge is 0.311 e. The summed E-state index contributed by atoms with van der Waals surface area (Å²) in [4.78, 5) is 13.6. The Morgan fingerprint density at radius 3 is 2.22 bits per heavy atom. The molecule has 0 heterocycles. The van der Waals surface area contributed by atoms with Gasteiger partial charge in [-0.3, -0.25) is 4.79 Å². The first-order chi connectivity index (χ1) is 12.8. The van der Waals surface area contributed by atoms with Gasteiger partial charge in [0.1, 0.15) is 0 Å². The van der Waals surface area contributed by atoms with Gasteiger partial charge >= 0.3 is 0 Å². The van der Waals surface area contributed by atoms with E-state index >= 15 is 0 Å². The Labute approximate surface area is 162 Å². The molecule has 0 saturated carbocycles. The molecule has 27 heavy (non-hydrogen) atoms. The van der Waals surface area contributed by atoms with Gasteiger partial charge in [-0.2, -0.15) is 0 Å². The fourth-order valence-corrected chi connectivity index (χ4v) is 3.84. The molecule has 0 aromatic heterocycles. The number of nitrogens with zero attached hydrogens (tertiary/aromatic N) is 1. The number of sulfonamides is 1. The van der Waals surface area contributed by atoms with E-state index in [1.54, 1.807) is 4.90 Å². The van der Waals surface area contributed by atoms with Gasteiger partial charge in [-0.1, -0.05) is 56.3 Å². The summed E-state index contributed by atoms with van der Waals surface area (Å²) in [5.74, 6) is 0.331. The Morgan fingerprint density at radius 2 is 1.67 bits per heavy atom. The van der Waals surface area contributed by atoms with Crippen molar-refractivity contribution in [2.75, 3.05) is 23.7 Å². The third kappa shape index (κ3) is 6.81. The highest BCUT2D eigenvalue weighted by molar-refractivity contribution is 7.89. The molecule has 2 aromatic carbocycles. The fourth-order valence-electron chi connectivity index (χ4n) is 2.79. The van der Waals surface area contributed by atoms with Crippen molar-refractivity contribution in [1.82, 2.24) is 4.72 Å². The monoisotopic (exact) mass is 388 g/mol. The minimum Gasteiger partial charge on any atom is -0.311 e. The predicted octanol–water partition coefficient (Wildman–Crippen LogP) is 3.33. The van der Waals surface area contributed by atoms with Crippen LogP contribution in [0.1, 0.15) is 37.8 Å². The number of anilines is 1. The second-order valence-corrected chi connectivity index (χ2v) is 8.79. The summed E-state index contributed by atoms with van der Waals surface area (Å²) in [7, 11) is -3.39. The van der Waals surface area contributed by atoms with E-state index < -0.39 is 10.0 Å². The first-order valence-electron chi connectivity index (χ1n) is 9.18. The molecule has 0 aliphatic rings. The molecule has 5 nitrogen and oxygen atoms in total. The lowest BCUT2D eigenvalue weighted by Crippen LogP contribution is -2.38. The Kier molecular flexibility index (Phi) is 7.56. The summed E-state index contributed by atoms with van der Waals surface area (Å²) in [5, 5.41) is 0. The number of hydrogen-bond acceptors (Lipinski definition) is 3. The Bertz CT molecular complexity index is 831. The molecule has 146 valence electrons. The van der Waals surface area contributed by atoms with Crippen LogP contribution < -0.4 is 9.62 Å². The second kappa shape index (κ2) is 9.67. The van der Waals surface area contributed by atoms with Crippen molar-refractivity contribution in [3.63, 3.8) is 0 Å². The van der Waals surface area contributed by atoms with Crippen LogP contribution in [0.3, 0.4) is 0 Å². The lowest BCUT2D eigenvalue weighted by molar-refractivity contribution is -0.116. The van der Waals surface area contributed by atoms with Crippen molar-refractivity contribution in [2.45, 2.75) is 33.1 Å². The first kappa shape index (κ1) is 21.1. The van der Waals surface area contributed by atoms with Gasteiger partial charge in [-0.15, -0.1) is 0 Å². The number of amides is 1. The van der Waals surface area contributed by atoms with Crippen molar-refractivity contribution in [1.29, 1.82) is 0 Å². The summed E-state index contributed by atoms with van der Waals surface area (Å²) in [6.45, 7) is 6.19. The quantitative estimate of drug-likeness (QED) is 0.717. The molecule has 2 aromatic rings. The van der Waals surface area contributed by atoms with Crippen LogP contribution in [0.15, 0.2) is 54.6 Å². The fraction of sp³-hybridized carbons (Fsp3) is 0.381. The van der Waals surface area contributed by atoms with Gasteiger partial charge in [0.25, 0.3) is 0 Å². The Hall–Kier alpha value is -2.18. The van der Waals surface area contributed by atoms with Gasteiger partial charge in [-0.05, 0) is 35.6 Å². The molecule has 0 atom stereocenters. The van der Waals surface area contributed by atoms with Crippen LogP contribution in [0.2, 0.25) is 0 Å². The van der Waals surface area contributed by atoms with E-state index in [1.807, 2.05) is 54.6 Å². The van der Waals surface area contributed by atoms with Gasteiger partial charge in [0.15, 0.2) is 0 Å². The molecule has 0 fully saturated rings. The van der Waals surface area contributed by atoms with E-state index in [9.17, 15) is 13.2 Å². The number of carbonyl (C=O) groups is 1. The van der Waals surface area contributed by atoms with Crippen LogP contribution in [0.4, 0.5) is 5.69 Å². The minimum atomic E-state index is -3.39. The smallest absolute Gasteiger partial charge is 0.223 e.